The molecule has 0 aliphatic carbocycles. The van der Waals surface area contributed by atoms with E-state index in [2.05, 4.69) is 5.32 Å². The molecule has 0 aromatic heterocycles. The van der Waals surface area contributed by atoms with E-state index in [1.165, 1.54) is 0 Å². The van der Waals surface area contributed by atoms with Crippen LogP contribution in [0.15, 0.2) is 12.1 Å². The van der Waals surface area contributed by atoms with Crippen molar-refractivity contribution < 1.29 is 19.2 Å². The van der Waals surface area contributed by atoms with Gasteiger partial charge >= 0.3 is 13.2 Å². The molecular formula is C10H18BNO4. The largest absolute Gasteiger partial charge is 0.486 e. The number of carboxylic acid groups (broad SMARTS) is 1. The maximum atomic E-state index is 10.2. The Bertz CT molecular complexity index is 285. The smallest absolute Gasteiger partial charge is 0.465 e. The van der Waals surface area contributed by atoms with Crippen molar-refractivity contribution in [3.63, 3.8) is 0 Å². The predicted octanol–water partition coefficient (Wildman–Crippen LogP) is 1.44. The number of amides is 1. The molecule has 0 aromatic carbocycles. The summed E-state index contributed by atoms with van der Waals surface area (Å²) in [7, 11) is -0.416. The minimum absolute atomic E-state index is 0.249. The van der Waals surface area contributed by atoms with E-state index in [1.807, 2.05) is 27.7 Å². The van der Waals surface area contributed by atoms with Crippen molar-refractivity contribution in [2.45, 2.75) is 38.9 Å². The lowest BCUT2D eigenvalue weighted by Gasteiger charge is -2.32. The van der Waals surface area contributed by atoms with Crippen LogP contribution in [0.5, 0.6) is 0 Å². The minimum atomic E-state index is -1.04. The Hall–Kier alpha value is -1.01. The van der Waals surface area contributed by atoms with Gasteiger partial charge in [-0.1, -0.05) is 12.1 Å². The highest BCUT2D eigenvalue weighted by atomic mass is 16.7. The Labute approximate surface area is 96.0 Å². The molecule has 0 unspecified atom stereocenters. The highest BCUT2D eigenvalue weighted by Crippen LogP contribution is 2.36. The maximum absolute atomic E-state index is 10.2. The molecule has 0 aromatic rings. The molecule has 2 N–H and O–H groups in total. The van der Waals surface area contributed by atoms with E-state index in [0.29, 0.717) is 0 Å². The highest BCUT2D eigenvalue weighted by molar-refractivity contribution is 6.51. The first-order chi connectivity index (χ1) is 7.24. The van der Waals surface area contributed by atoms with Crippen LogP contribution in [0.4, 0.5) is 4.79 Å². The van der Waals surface area contributed by atoms with E-state index in [9.17, 15) is 4.79 Å². The molecule has 1 heterocycles. The second-order valence-electron chi connectivity index (χ2n) is 4.74. The van der Waals surface area contributed by atoms with Crippen LogP contribution in [0.3, 0.4) is 0 Å². The average molecular weight is 227 g/mol. The molecule has 0 radical (unpaired) electrons. The van der Waals surface area contributed by atoms with Gasteiger partial charge in [0.1, 0.15) is 0 Å². The molecule has 1 amide bonds. The number of hydrogen-bond acceptors (Lipinski definition) is 3. The van der Waals surface area contributed by atoms with E-state index in [4.69, 9.17) is 14.4 Å². The molecule has 90 valence electrons. The Kier molecular flexibility index (Phi) is 3.65. The van der Waals surface area contributed by atoms with Gasteiger partial charge in [0.2, 0.25) is 0 Å². The zero-order valence-electron chi connectivity index (χ0n) is 10.1. The number of nitrogens with one attached hydrogen (secondary N) is 1. The molecule has 0 saturated carbocycles. The number of carbonyl (C=O) groups is 1. The second kappa shape index (κ2) is 4.47. The summed E-state index contributed by atoms with van der Waals surface area (Å²) < 4.78 is 11.4. The zero-order valence-corrected chi connectivity index (χ0v) is 10.1. The topological polar surface area (TPSA) is 67.8 Å². The predicted molar refractivity (Wildman–Crippen MR) is 61.2 cm³/mol. The fourth-order valence-corrected chi connectivity index (χ4v) is 1.29. The molecule has 1 aliphatic rings. The molecule has 0 bridgehead atoms. The lowest BCUT2D eigenvalue weighted by Crippen LogP contribution is -2.41. The lowest BCUT2D eigenvalue weighted by molar-refractivity contribution is 0.00578. The summed E-state index contributed by atoms with van der Waals surface area (Å²) in [5.74, 6) is 1.71. The van der Waals surface area contributed by atoms with E-state index < -0.39 is 13.2 Å². The first-order valence-corrected chi connectivity index (χ1v) is 5.24. The fraction of sp³-hybridized carbons (Fsp3) is 0.700. The molecule has 1 aliphatic heterocycles. The molecule has 6 heteroatoms. The van der Waals surface area contributed by atoms with Crippen molar-refractivity contribution in [1.29, 1.82) is 0 Å². The van der Waals surface area contributed by atoms with E-state index in [-0.39, 0.29) is 17.7 Å². The summed E-state index contributed by atoms with van der Waals surface area (Å²) in [4.78, 5) is 10.2. The van der Waals surface area contributed by atoms with E-state index >= 15 is 0 Å². The van der Waals surface area contributed by atoms with Crippen molar-refractivity contribution in [3.8, 4) is 0 Å². The van der Waals surface area contributed by atoms with E-state index in [1.54, 1.807) is 12.1 Å². The van der Waals surface area contributed by atoms with Gasteiger partial charge in [0.15, 0.2) is 0 Å². The summed E-state index contributed by atoms with van der Waals surface area (Å²) in [5, 5.41) is 10.6. The lowest BCUT2D eigenvalue weighted by atomic mass is 9.90. The summed E-state index contributed by atoms with van der Waals surface area (Å²) in [6.07, 6.45) is 0.634. The summed E-state index contributed by atoms with van der Waals surface area (Å²) in [6.45, 7) is 8.12. The standard InChI is InChI=1S/C10H18BNO4/c1-9(2)10(3,4)16-11(15-9)6-5-7-12-8(13)14/h5-6,12H,7H2,1-4H3,(H,13,14). The normalized spacial score (nSPS) is 22.6. The quantitative estimate of drug-likeness (QED) is 0.716. The van der Waals surface area contributed by atoms with E-state index in [0.717, 1.165) is 0 Å². The Balaban J connectivity index is 2.45. The Morgan fingerprint density at radius 2 is 1.81 bits per heavy atom. The van der Waals surface area contributed by atoms with Crippen molar-refractivity contribution in [1.82, 2.24) is 5.32 Å². The third-order valence-corrected chi connectivity index (χ3v) is 2.94. The Morgan fingerprint density at radius 3 is 2.25 bits per heavy atom. The van der Waals surface area contributed by atoms with Gasteiger partial charge in [0.05, 0.1) is 11.2 Å². The molecule has 1 saturated heterocycles. The monoisotopic (exact) mass is 227 g/mol. The van der Waals surface area contributed by atoms with Gasteiger partial charge in [-0.3, -0.25) is 0 Å². The molecule has 0 atom stereocenters. The van der Waals surface area contributed by atoms with Crippen LogP contribution in [0.25, 0.3) is 0 Å². The van der Waals surface area contributed by atoms with Gasteiger partial charge < -0.3 is 19.7 Å². The summed E-state index contributed by atoms with van der Waals surface area (Å²) >= 11 is 0. The minimum Gasteiger partial charge on any atom is -0.465 e. The van der Waals surface area contributed by atoms with Crippen LogP contribution in [-0.2, 0) is 9.31 Å². The van der Waals surface area contributed by atoms with Crippen molar-refractivity contribution in [3.05, 3.63) is 12.1 Å². The molecule has 16 heavy (non-hydrogen) atoms. The first-order valence-electron chi connectivity index (χ1n) is 5.24. The van der Waals surface area contributed by atoms with Crippen LogP contribution in [0, 0.1) is 0 Å². The van der Waals surface area contributed by atoms with Crippen LogP contribution in [0.1, 0.15) is 27.7 Å². The maximum Gasteiger partial charge on any atom is 0.486 e. The molecular weight excluding hydrogens is 209 g/mol. The third-order valence-electron chi connectivity index (χ3n) is 2.94. The Morgan fingerprint density at radius 1 is 1.31 bits per heavy atom. The third kappa shape index (κ3) is 2.99. The molecule has 5 nitrogen and oxygen atoms in total. The fourth-order valence-electron chi connectivity index (χ4n) is 1.29. The molecule has 1 fully saturated rings. The van der Waals surface area contributed by atoms with Crippen LogP contribution >= 0.6 is 0 Å². The first kappa shape index (κ1) is 13.1. The van der Waals surface area contributed by atoms with Gasteiger partial charge in [-0.25, -0.2) is 4.79 Å². The van der Waals surface area contributed by atoms with Crippen molar-refractivity contribution in [2.75, 3.05) is 6.54 Å². The average Bonchev–Trinajstić information content (AvgIpc) is 2.29. The number of rotatable bonds is 3. The van der Waals surface area contributed by atoms with Gasteiger partial charge in [-0.05, 0) is 27.7 Å². The summed E-state index contributed by atoms with van der Waals surface area (Å²) in [6, 6.07) is 0. The van der Waals surface area contributed by atoms with Crippen LogP contribution in [-0.4, -0.2) is 36.1 Å². The van der Waals surface area contributed by atoms with Gasteiger partial charge in [0, 0.05) is 6.54 Å². The van der Waals surface area contributed by atoms with Gasteiger partial charge in [-0.15, -0.1) is 0 Å². The van der Waals surface area contributed by atoms with Crippen molar-refractivity contribution in [2.24, 2.45) is 0 Å². The summed E-state index contributed by atoms with van der Waals surface area (Å²) in [5.41, 5.74) is -0.718. The molecule has 0 spiro atoms. The van der Waals surface area contributed by atoms with Crippen LogP contribution in [0.2, 0.25) is 0 Å². The zero-order chi connectivity index (χ0) is 12.4. The van der Waals surface area contributed by atoms with Crippen LogP contribution < -0.4 is 5.32 Å². The SMILES string of the molecule is CC1(C)OB(C=CCNC(=O)O)OC1(C)C. The second-order valence-corrected chi connectivity index (χ2v) is 4.74. The van der Waals surface area contributed by atoms with Crippen molar-refractivity contribution >= 4 is 13.2 Å². The number of hydrogen-bond donors (Lipinski definition) is 2. The highest BCUT2D eigenvalue weighted by Gasteiger charge is 2.49. The molecule has 1 rings (SSSR count). The van der Waals surface area contributed by atoms with Gasteiger partial charge in [0.25, 0.3) is 0 Å². The van der Waals surface area contributed by atoms with Gasteiger partial charge in [-0.2, -0.15) is 0 Å².